The number of aliphatic hydroxyl groups excluding tert-OH is 1. The number of hydrogen-bond acceptors (Lipinski definition) is 4. The van der Waals surface area contributed by atoms with Gasteiger partial charge in [0.15, 0.2) is 0 Å². The minimum Gasteiger partial charge on any atom is -0.389 e. The molecule has 1 saturated carbocycles. The maximum absolute atomic E-state index is 11.3. The highest BCUT2D eigenvalue weighted by atomic mass is 16.6. The molecule has 1 aromatic heterocycles. The first-order valence-electron chi connectivity index (χ1n) is 11.9. The van der Waals surface area contributed by atoms with Crippen LogP contribution in [0.1, 0.15) is 43.0 Å². The molecule has 0 unspecified atom stereocenters. The van der Waals surface area contributed by atoms with Gasteiger partial charge in [-0.1, -0.05) is 36.4 Å². The molecule has 6 nitrogen and oxygen atoms in total. The highest BCUT2D eigenvalue weighted by Crippen LogP contribution is 2.51. The number of aliphatic hydroxyl groups is 1. The second-order valence-corrected chi connectivity index (χ2v) is 10.2. The number of rotatable bonds is 2. The van der Waals surface area contributed by atoms with Gasteiger partial charge in [0.25, 0.3) is 5.69 Å². The minimum absolute atomic E-state index is 0.136. The second kappa shape index (κ2) is 7.54. The van der Waals surface area contributed by atoms with Crippen molar-refractivity contribution in [1.29, 1.82) is 0 Å². The number of nitro benzene ring substituents is 1. The van der Waals surface area contributed by atoms with Crippen LogP contribution in [0.25, 0.3) is 17.0 Å². The third-order valence-electron chi connectivity index (χ3n) is 8.35. The standard InChI is InChI=1S/C27H29N3O3/c1-27-15-19-13-25(31)18(11-17-5-3-2-4-6-17)12-20(19)16-29(27)10-9-22-23-14-21(30(32)33)7-8-24(23)28-26(22)27/h2-8,11,14,19-20,25,28,31H,9-10,12-13,15-16H2,1H3/b18-11+/t19-,20-,25-,27-/m1/s1. The number of aromatic amines is 1. The number of non-ortho nitro benzene ring substituents is 1. The average molecular weight is 444 g/mol. The molecule has 2 aromatic carbocycles. The van der Waals surface area contributed by atoms with Crippen molar-refractivity contribution in [2.45, 2.75) is 44.2 Å². The van der Waals surface area contributed by atoms with Gasteiger partial charge in [-0.3, -0.25) is 15.0 Å². The van der Waals surface area contributed by atoms with Gasteiger partial charge in [-0.15, -0.1) is 0 Å². The summed E-state index contributed by atoms with van der Waals surface area (Å²) in [5.41, 5.74) is 5.74. The fourth-order valence-electron chi connectivity index (χ4n) is 6.66. The summed E-state index contributed by atoms with van der Waals surface area (Å²) in [7, 11) is 0. The minimum atomic E-state index is -0.393. The molecule has 2 aliphatic heterocycles. The Morgan fingerprint density at radius 3 is 2.82 bits per heavy atom. The molecule has 33 heavy (non-hydrogen) atoms. The lowest BCUT2D eigenvalue weighted by atomic mass is 9.64. The highest BCUT2D eigenvalue weighted by Gasteiger charge is 2.50. The number of nitrogens with zero attached hydrogens (tertiary/aromatic N) is 2. The molecule has 3 heterocycles. The van der Waals surface area contributed by atoms with Crippen molar-refractivity contribution in [3.8, 4) is 0 Å². The Morgan fingerprint density at radius 2 is 2.03 bits per heavy atom. The lowest BCUT2D eigenvalue weighted by Crippen LogP contribution is -2.57. The van der Waals surface area contributed by atoms with Crippen LogP contribution in [-0.4, -0.2) is 39.1 Å². The van der Waals surface area contributed by atoms with E-state index in [4.69, 9.17) is 0 Å². The number of nitrogens with one attached hydrogen (secondary N) is 1. The molecule has 0 amide bonds. The molecule has 6 heteroatoms. The first kappa shape index (κ1) is 20.6. The van der Waals surface area contributed by atoms with Crippen LogP contribution in [0, 0.1) is 22.0 Å². The fraction of sp³-hybridized carbons (Fsp3) is 0.407. The Labute approximate surface area is 193 Å². The Kier molecular flexibility index (Phi) is 4.71. The maximum Gasteiger partial charge on any atom is 0.270 e. The predicted molar refractivity (Wildman–Crippen MR) is 129 cm³/mol. The number of hydrogen-bond donors (Lipinski definition) is 2. The van der Waals surface area contributed by atoms with Crippen molar-refractivity contribution in [2.75, 3.05) is 13.1 Å². The molecule has 0 radical (unpaired) electrons. The van der Waals surface area contributed by atoms with E-state index in [1.807, 2.05) is 24.3 Å². The largest absolute Gasteiger partial charge is 0.389 e. The van der Waals surface area contributed by atoms with Crippen LogP contribution in [0.5, 0.6) is 0 Å². The van der Waals surface area contributed by atoms with E-state index in [0.717, 1.165) is 60.8 Å². The Bertz CT molecular complexity index is 1260. The fourth-order valence-corrected chi connectivity index (χ4v) is 6.66. The van der Waals surface area contributed by atoms with E-state index in [9.17, 15) is 15.2 Å². The third-order valence-corrected chi connectivity index (χ3v) is 8.35. The number of benzene rings is 2. The van der Waals surface area contributed by atoms with Crippen LogP contribution >= 0.6 is 0 Å². The molecule has 6 rings (SSSR count). The van der Waals surface area contributed by atoms with Gasteiger partial charge < -0.3 is 10.1 Å². The van der Waals surface area contributed by atoms with E-state index in [0.29, 0.717) is 11.8 Å². The second-order valence-electron chi connectivity index (χ2n) is 10.2. The molecule has 3 aromatic rings. The predicted octanol–water partition coefficient (Wildman–Crippen LogP) is 5.02. The van der Waals surface area contributed by atoms with Crippen LogP contribution in [0.15, 0.2) is 54.1 Å². The maximum atomic E-state index is 11.3. The van der Waals surface area contributed by atoms with Gasteiger partial charge in [0.05, 0.1) is 16.6 Å². The van der Waals surface area contributed by atoms with Gasteiger partial charge in [0.1, 0.15) is 0 Å². The van der Waals surface area contributed by atoms with Crippen molar-refractivity contribution >= 4 is 22.7 Å². The molecule has 3 aliphatic rings. The summed E-state index contributed by atoms with van der Waals surface area (Å²) in [6.45, 7) is 4.30. The summed E-state index contributed by atoms with van der Waals surface area (Å²) in [6, 6.07) is 15.4. The van der Waals surface area contributed by atoms with E-state index >= 15 is 0 Å². The molecule has 1 aliphatic carbocycles. The lowest BCUT2D eigenvalue weighted by molar-refractivity contribution is -0.384. The van der Waals surface area contributed by atoms with Gasteiger partial charge in [-0.2, -0.15) is 0 Å². The first-order valence-corrected chi connectivity index (χ1v) is 11.9. The van der Waals surface area contributed by atoms with Crippen LogP contribution in [0.2, 0.25) is 0 Å². The number of H-pyrrole nitrogens is 1. The molecular weight excluding hydrogens is 414 g/mol. The number of fused-ring (bicyclic) bond motifs is 6. The normalized spacial score (nSPS) is 30.6. The van der Waals surface area contributed by atoms with Crippen LogP contribution in [0.3, 0.4) is 0 Å². The summed E-state index contributed by atoms with van der Waals surface area (Å²) in [4.78, 5) is 17.2. The lowest BCUT2D eigenvalue weighted by Gasteiger charge is -2.55. The molecule has 0 bridgehead atoms. The Morgan fingerprint density at radius 1 is 1.21 bits per heavy atom. The van der Waals surface area contributed by atoms with Crippen molar-refractivity contribution in [3.63, 3.8) is 0 Å². The molecule has 1 saturated heterocycles. The van der Waals surface area contributed by atoms with Crippen molar-refractivity contribution in [2.24, 2.45) is 11.8 Å². The Balaban J connectivity index is 1.32. The van der Waals surface area contributed by atoms with Gasteiger partial charge >= 0.3 is 0 Å². The third kappa shape index (κ3) is 3.31. The smallest absolute Gasteiger partial charge is 0.270 e. The Hall–Kier alpha value is -2.96. The van der Waals surface area contributed by atoms with Crippen molar-refractivity contribution < 1.29 is 10.0 Å². The summed E-state index contributed by atoms with van der Waals surface area (Å²) in [5.74, 6) is 1.00. The molecule has 2 N–H and O–H groups in total. The van der Waals surface area contributed by atoms with Gasteiger partial charge in [0, 0.05) is 41.8 Å². The van der Waals surface area contributed by atoms with Crippen molar-refractivity contribution in [3.05, 3.63) is 81.0 Å². The average Bonchev–Trinajstić information content (AvgIpc) is 3.18. The van der Waals surface area contributed by atoms with E-state index in [2.05, 4.69) is 35.0 Å². The van der Waals surface area contributed by atoms with Crippen LogP contribution in [-0.2, 0) is 12.0 Å². The van der Waals surface area contributed by atoms with Crippen LogP contribution < -0.4 is 0 Å². The topological polar surface area (TPSA) is 82.4 Å². The number of aromatic nitrogens is 1. The molecule has 0 spiro atoms. The van der Waals surface area contributed by atoms with Gasteiger partial charge in [-0.25, -0.2) is 0 Å². The summed E-state index contributed by atoms with van der Waals surface area (Å²) >= 11 is 0. The van der Waals surface area contributed by atoms with Crippen molar-refractivity contribution in [1.82, 2.24) is 9.88 Å². The number of nitro groups is 1. The van der Waals surface area contributed by atoms with E-state index < -0.39 is 6.10 Å². The van der Waals surface area contributed by atoms with Gasteiger partial charge in [0.2, 0.25) is 0 Å². The number of piperidine rings is 1. The summed E-state index contributed by atoms with van der Waals surface area (Å²) in [6.07, 6.45) is 5.42. The molecule has 170 valence electrons. The summed E-state index contributed by atoms with van der Waals surface area (Å²) < 4.78 is 0. The van der Waals surface area contributed by atoms with Crippen LogP contribution in [0.4, 0.5) is 5.69 Å². The SMILES string of the molecule is C[C@]12C[C@H]3C[C@@H](O)/C(=C/c4ccccc4)C[C@@H]3CN1CCc1c2[nH]c2ccc([N+](=O)[O-])cc12. The van der Waals surface area contributed by atoms with E-state index in [-0.39, 0.29) is 16.1 Å². The molecular formula is C27H29N3O3. The molecule has 2 fully saturated rings. The quantitative estimate of drug-likeness (QED) is 0.430. The zero-order valence-electron chi connectivity index (χ0n) is 18.8. The van der Waals surface area contributed by atoms with E-state index in [1.54, 1.807) is 12.1 Å². The zero-order chi connectivity index (χ0) is 22.7. The van der Waals surface area contributed by atoms with E-state index in [1.165, 1.54) is 11.3 Å². The summed E-state index contributed by atoms with van der Waals surface area (Å²) in [5, 5.41) is 23.3. The molecule has 4 atom stereocenters. The van der Waals surface area contributed by atoms with Gasteiger partial charge in [-0.05, 0) is 67.2 Å². The highest BCUT2D eigenvalue weighted by molar-refractivity contribution is 5.87. The monoisotopic (exact) mass is 443 g/mol. The first-order chi connectivity index (χ1) is 15.9. The zero-order valence-corrected chi connectivity index (χ0v) is 18.8.